The number of anilines is 1. The summed E-state index contributed by atoms with van der Waals surface area (Å²) < 4.78 is 0. The van der Waals surface area contributed by atoms with Gasteiger partial charge in [0.25, 0.3) is 0 Å². The molecule has 0 heterocycles. The van der Waals surface area contributed by atoms with E-state index in [4.69, 9.17) is 0 Å². The number of carboxylic acid groups (broad SMARTS) is 1. The largest absolute Gasteiger partial charge is 1.00 e. The van der Waals surface area contributed by atoms with Crippen LogP contribution in [0.25, 0.3) is 10.8 Å². The fourth-order valence-corrected chi connectivity index (χ4v) is 2.73. The Morgan fingerprint density at radius 1 is 1.00 bits per heavy atom. The minimum Gasteiger partial charge on any atom is -0.548 e. The van der Waals surface area contributed by atoms with Gasteiger partial charge in [-0.2, -0.15) is 0 Å². The van der Waals surface area contributed by atoms with E-state index >= 15 is 0 Å². The van der Waals surface area contributed by atoms with Crippen LogP contribution in [0.15, 0.2) is 66.7 Å². The standard InChI is InChI=1S/C20H19NO2.Na/c1-14-9-11-17(12-10-14)21-19(20(22)23)13-16-7-4-6-15-5-2-3-8-18(15)16;/h2-12,19,21H,13H2,1H3,(H,22,23);/q;+1/p-1. The molecule has 0 saturated heterocycles. The van der Waals surface area contributed by atoms with Gasteiger partial charge in [0.05, 0.1) is 12.0 Å². The van der Waals surface area contributed by atoms with Crippen LogP contribution in [0.3, 0.4) is 0 Å². The molecule has 0 fully saturated rings. The van der Waals surface area contributed by atoms with Crippen molar-refractivity contribution in [3.05, 3.63) is 77.9 Å². The first-order valence-electron chi connectivity index (χ1n) is 7.64. The van der Waals surface area contributed by atoms with Gasteiger partial charge in [0, 0.05) is 5.69 Å². The van der Waals surface area contributed by atoms with Crippen molar-refractivity contribution in [3.63, 3.8) is 0 Å². The number of carbonyl (C=O) groups excluding carboxylic acids is 1. The maximum absolute atomic E-state index is 11.5. The molecule has 1 unspecified atom stereocenters. The van der Waals surface area contributed by atoms with E-state index in [-0.39, 0.29) is 29.6 Å². The first kappa shape index (κ1) is 18.5. The summed E-state index contributed by atoms with van der Waals surface area (Å²) in [5, 5.41) is 16.8. The summed E-state index contributed by atoms with van der Waals surface area (Å²) in [6.45, 7) is 2.00. The average Bonchev–Trinajstić information content (AvgIpc) is 2.56. The van der Waals surface area contributed by atoms with Crippen LogP contribution in [0.2, 0.25) is 0 Å². The zero-order valence-corrected chi connectivity index (χ0v) is 16.0. The van der Waals surface area contributed by atoms with E-state index in [0.717, 1.165) is 27.6 Å². The number of benzene rings is 3. The van der Waals surface area contributed by atoms with Crippen LogP contribution < -0.4 is 40.0 Å². The van der Waals surface area contributed by atoms with E-state index in [1.54, 1.807) is 0 Å². The van der Waals surface area contributed by atoms with E-state index in [0.29, 0.717) is 6.42 Å². The fraction of sp³-hybridized carbons (Fsp3) is 0.150. The number of rotatable bonds is 5. The Bertz CT molecular complexity index is 825. The van der Waals surface area contributed by atoms with Gasteiger partial charge < -0.3 is 15.2 Å². The first-order valence-corrected chi connectivity index (χ1v) is 7.64. The summed E-state index contributed by atoms with van der Waals surface area (Å²) in [4.78, 5) is 11.5. The SMILES string of the molecule is Cc1ccc(NC(Cc2cccc3ccccc23)C(=O)[O-])cc1.[Na+]. The van der Waals surface area contributed by atoms with E-state index in [1.165, 1.54) is 0 Å². The second-order valence-electron chi connectivity index (χ2n) is 5.72. The van der Waals surface area contributed by atoms with Crippen molar-refractivity contribution in [2.45, 2.75) is 19.4 Å². The molecule has 3 aromatic rings. The molecule has 0 aliphatic rings. The molecule has 1 atom stereocenters. The van der Waals surface area contributed by atoms with Gasteiger partial charge in [0.2, 0.25) is 0 Å². The number of carbonyl (C=O) groups is 1. The smallest absolute Gasteiger partial charge is 0.548 e. The maximum atomic E-state index is 11.5. The Hall–Kier alpha value is -1.81. The van der Waals surface area contributed by atoms with E-state index in [1.807, 2.05) is 73.7 Å². The van der Waals surface area contributed by atoms with Gasteiger partial charge in [-0.3, -0.25) is 0 Å². The van der Waals surface area contributed by atoms with E-state index in [9.17, 15) is 9.90 Å². The van der Waals surface area contributed by atoms with Crippen molar-refractivity contribution >= 4 is 22.4 Å². The third kappa shape index (κ3) is 4.38. The van der Waals surface area contributed by atoms with Crippen LogP contribution in [0, 0.1) is 6.92 Å². The van der Waals surface area contributed by atoms with Crippen LogP contribution in [0.4, 0.5) is 5.69 Å². The Balaban J connectivity index is 0.00000208. The molecule has 3 aromatic carbocycles. The number of carboxylic acids is 1. The number of aryl methyl sites for hydroxylation is 1. The van der Waals surface area contributed by atoms with E-state index in [2.05, 4.69) is 5.32 Å². The molecule has 0 amide bonds. The zero-order chi connectivity index (χ0) is 16.2. The molecule has 1 N–H and O–H groups in total. The zero-order valence-electron chi connectivity index (χ0n) is 14.0. The number of hydrogen-bond acceptors (Lipinski definition) is 3. The molecule has 116 valence electrons. The predicted molar refractivity (Wildman–Crippen MR) is 91.2 cm³/mol. The van der Waals surface area contributed by atoms with Crippen LogP contribution in [-0.4, -0.2) is 12.0 Å². The van der Waals surface area contributed by atoms with Crippen molar-refractivity contribution in [3.8, 4) is 0 Å². The van der Waals surface area contributed by atoms with Gasteiger partial charge in [-0.1, -0.05) is 60.2 Å². The summed E-state index contributed by atoms with van der Waals surface area (Å²) in [5.74, 6) is -1.10. The van der Waals surface area contributed by atoms with E-state index < -0.39 is 12.0 Å². The quantitative estimate of drug-likeness (QED) is 0.667. The molecule has 0 aliphatic heterocycles. The van der Waals surface area contributed by atoms with Crippen molar-refractivity contribution in [1.82, 2.24) is 0 Å². The van der Waals surface area contributed by atoms with Gasteiger partial charge in [0.1, 0.15) is 0 Å². The summed E-state index contributed by atoms with van der Waals surface area (Å²) in [6, 6.07) is 20.8. The molecule has 24 heavy (non-hydrogen) atoms. The molecule has 0 radical (unpaired) electrons. The molecule has 3 rings (SSSR count). The number of aliphatic carboxylic acids is 1. The topological polar surface area (TPSA) is 52.2 Å². The predicted octanol–water partition coefficient (Wildman–Crippen LogP) is -0.0747. The molecule has 0 bridgehead atoms. The summed E-state index contributed by atoms with van der Waals surface area (Å²) >= 11 is 0. The third-order valence-electron chi connectivity index (χ3n) is 3.98. The van der Waals surface area contributed by atoms with Crippen molar-refractivity contribution < 1.29 is 39.5 Å². The number of fused-ring (bicyclic) bond motifs is 1. The molecule has 0 aromatic heterocycles. The van der Waals surface area contributed by atoms with Gasteiger partial charge >= 0.3 is 29.6 Å². The Kier molecular flexibility index (Phi) is 6.44. The third-order valence-corrected chi connectivity index (χ3v) is 3.98. The van der Waals surface area contributed by atoms with Gasteiger partial charge in [0.15, 0.2) is 0 Å². The maximum Gasteiger partial charge on any atom is 1.00 e. The van der Waals surface area contributed by atoms with Gasteiger partial charge in [-0.25, -0.2) is 0 Å². The molecule has 0 spiro atoms. The molecule has 4 heteroatoms. The summed E-state index contributed by atoms with van der Waals surface area (Å²) in [5.41, 5.74) is 2.91. The van der Waals surface area contributed by atoms with Crippen molar-refractivity contribution in [1.29, 1.82) is 0 Å². The molecule has 0 aliphatic carbocycles. The minimum atomic E-state index is -1.10. The van der Waals surface area contributed by atoms with Crippen LogP contribution >= 0.6 is 0 Å². The van der Waals surface area contributed by atoms with Crippen molar-refractivity contribution in [2.75, 3.05) is 5.32 Å². The van der Waals surface area contributed by atoms with Crippen LogP contribution in [-0.2, 0) is 11.2 Å². The second kappa shape index (κ2) is 8.34. The van der Waals surface area contributed by atoms with Gasteiger partial charge in [-0.05, 0) is 41.8 Å². The average molecular weight is 327 g/mol. The minimum absolute atomic E-state index is 0. The number of nitrogens with one attached hydrogen (secondary N) is 1. The first-order chi connectivity index (χ1) is 11.1. The Morgan fingerprint density at radius 3 is 2.38 bits per heavy atom. The monoisotopic (exact) mass is 327 g/mol. The van der Waals surface area contributed by atoms with Crippen LogP contribution in [0.5, 0.6) is 0 Å². The van der Waals surface area contributed by atoms with Crippen molar-refractivity contribution in [2.24, 2.45) is 0 Å². The molecule has 3 nitrogen and oxygen atoms in total. The molecule has 0 saturated carbocycles. The molecular formula is C20H18NNaO2. The summed E-state index contributed by atoms with van der Waals surface area (Å²) in [7, 11) is 0. The number of hydrogen-bond donors (Lipinski definition) is 1. The Morgan fingerprint density at radius 2 is 1.67 bits per heavy atom. The normalized spacial score (nSPS) is 11.5. The van der Waals surface area contributed by atoms with Gasteiger partial charge in [-0.15, -0.1) is 0 Å². The summed E-state index contributed by atoms with van der Waals surface area (Å²) in [6.07, 6.45) is 0.373. The fourth-order valence-electron chi connectivity index (χ4n) is 2.73. The van der Waals surface area contributed by atoms with Crippen LogP contribution in [0.1, 0.15) is 11.1 Å². The molecular weight excluding hydrogens is 309 g/mol. The second-order valence-corrected chi connectivity index (χ2v) is 5.72. The Labute approximate surface area is 164 Å².